The summed E-state index contributed by atoms with van der Waals surface area (Å²) in [6, 6.07) is 6.98. The van der Waals surface area contributed by atoms with Crippen LogP contribution in [0.2, 0.25) is 5.02 Å². The lowest BCUT2D eigenvalue weighted by Gasteiger charge is -2.10. The van der Waals surface area contributed by atoms with Gasteiger partial charge in [0.05, 0.1) is 6.20 Å². The van der Waals surface area contributed by atoms with Crippen molar-refractivity contribution >= 4 is 17.4 Å². The third-order valence-corrected chi connectivity index (χ3v) is 2.75. The monoisotopic (exact) mass is 237 g/mol. The van der Waals surface area contributed by atoms with Gasteiger partial charge in [0, 0.05) is 17.6 Å². The molecule has 1 aromatic carbocycles. The van der Waals surface area contributed by atoms with E-state index in [1.54, 1.807) is 37.5 Å². The normalized spacial score (nSPS) is 12.7. The summed E-state index contributed by atoms with van der Waals surface area (Å²) in [5.74, 6) is 0.461. The average Bonchev–Trinajstić information content (AvgIpc) is 2.60. The summed E-state index contributed by atoms with van der Waals surface area (Å²) in [4.78, 5) is 0. The number of rotatable bonds is 2. The Morgan fingerprint density at radius 2 is 2.00 bits per heavy atom. The van der Waals surface area contributed by atoms with Crippen LogP contribution in [0, 0.1) is 0 Å². The number of benzene rings is 1. The van der Waals surface area contributed by atoms with E-state index in [1.165, 1.54) is 4.68 Å². The first-order chi connectivity index (χ1) is 7.59. The predicted octanol–water partition coefficient (Wildman–Crippen LogP) is 1.74. The summed E-state index contributed by atoms with van der Waals surface area (Å²) in [7, 11) is 1.73. The molecule has 0 aliphatic rings. The summed E-state index contributed by atoms with van der Waals surface area (Å²) in [5, 5.41) is 14.7. The summed E-state index contributed by atoms with van der Waals surface area (Å²) in [6.07, 6.45) is 0.792. The molecule has 0 aliphatic heterocycles. The molecule has 5 heteroatoms. The highest BCUT2D eigenvalue weighted by atomic mass is 35.5. The fraction of sp³-hybridized carbons (Fsp3) is 0.182. The Kier molecular flexibility index (Phi) is 2.85. The molecule has 0 amide bonds. The summed E-state index contributed by atoms with van der Waals surface area (Å²) in [6.45, 7) is 0. The van der Waals surface area contributed by atoms with Gasteiger partial charge in [-0.15, -0.1) is 0 Å². The third-order valence-electron chi connectivity index (χ3n) is 2.49. The maximum atomic E-state index is 10.1. The largest absolute Gasteiger partial charge is 0.384 e. The van der Waals surface area contributed by atoms with E-state index in [0.717, 1.165) is 5.56 Å². The molecule has 84 valence electrons. The van der Waals surface area contributed by atoms with Crippen LogP contribution in [0.25, 0.3) is 0 Å². The van der Waals surface area contributed by atoms with Gasteiger partial charge in [0.25, 0.3) is 0 Å². The van der Waals surface area contributed by atoms with Crippen molar-refractivity contribution in [3.05, 3.63) is 46.6 Å². The smallest absolute Gasteiger partial charge is 0.127 e. The lowest BCUT2D eigenvalue weighted by Crippen LogP contribution is -2.04. The molecule has 0 bridgehead atoms. The zero-order valence-corrected chi connectivity index (χ0v) is 9.52. The maximum absolute atomic E-state index is 10.1. The van der Waals surface area contributed by atoms with Gasteiger partial charge >= 0.3 is 0 Å². The van der Waals surface area contributed by atoms with Crippen LogP contribution in [0.4, 0.5) is 5.82 Å². The van der Waals surface area contributed by atoms with E-state index in [4.69, 9.17) is 17.3 Å². The Morgan fingerprint density at radius 1 is 1.38 bits per heavy atom. The van der Waals surface area contributed by atoms with Gasteiger partial charge in [0.15, 0.2) is 0 Å². The van der Waals surface area contributed by atoms with Crippen molar-refractivity contribution in [1.82, 2.24) is 9.78 Å². The van der Waals surface area contributed by atoms with E-state index in [1.807, 2.05) is 0 Å². The van der Waals surface area contributed by atoms with E-state index in [2.05, 4.69) is 5.10 Å². The lowest BCUT2D eigenvalue weighted by molar-refractivity contribution is 0.221. The molecule has 1 atom stereocenters. The molecular formula is C11H12ClN3O. The minimum absolute atomic E-state index is 0.461. The molecule has 0 saturated carbocycles. The topological polar surface area (TPSA) is 64.1 Å². The second kappa shape index (κ2) is 4.15. The van der Waals surface area contributed by atoms with Gasteiger partial charge in [-0.1, -0.05) is 23.7 Å². The van der Waals surface area contributed by atoms with Crippen molar-refractivity contribution in [1.29, 1.82) is 0 Å². The number of hydrogen-bond donors (Lipinski definition) is 2. The number of nitrogens with zero attached hydrogens (tertiary/aromatic N) is 2. The standard InChI is InChI=1S/C11H12ClN3O/c1-15-11(13)9(6-14-15)10(16)7-2-4-8(12)5-3-7/h2-6,10,16H,13H2,1H3. The van der Waals surface area contributed by atoms with Gasteiger partial charge in [0.2, 0.25) is 0 Å². The zero-order valence-electron chi connectivity index (χ0n) is 8.76. The molecule has 0 aliphatic carbocycles. The molecule has 4 nitrogen and oxygen atoms in total. The highest BCUT2D eigenvalue weighted by Crippen LogP contribution is 2.26. The predicted molar refractivity (Wildman–Crippen MR) is 63.1 cm³/mol. The molecule has 2 aromatic rings. The summed E-state index contributed by atoms with van der Waals surface area (Å²) < 4.78 is 1.52. The van der Waals surface area contributed by atoms with E-state index in [-0.39, 0.29) is 0 Å². The number of aliphatic hydroxyl groups is 1. The number of halogens is 1. The van der Waals surface area contributed by atoms with Crippen LogP contribution in [-0.2, 0) is 7.05 Å². The molecule has 1 aromatic heterocycles. The van der Waals surface area contributed by atoms with Gasteiger partial charge in [-0.3, -0.25) is 4.68 Å². The van der Waals surface area contributed by atoms with Gasteiger partial charge in [-0.25, -0.2) is 0 Å². The van der Waals surface area contributed by atoms with E-state index < -0.39 is 6.10 Å². The Labute approximate surface area is 98.3 Å². The number of anilines is 1. The fourth-order valence-electron chi connectivity index (χ4n) is 1.50. The number of aliphatic hydroxyl groups excluding tert-OH is 1. The van der Waals surface area contributed by atoms with Gasteiger partial charge in [-0.2, -0.15) is 5.10 Å². The minimum atomic E-state index is -0.772. The quantitative estimate of drug-likeness (QED) is 0.836. The number of aromatic nitrogens is 2. The second-order valence-electron chi connectivity index (χ2n) is 3.56. The molecule has 0 saturated heterocycles. The summed E-state index contributed by atoms with van der Waals surface area (Å²) >= 11 is 5.77. The molecule has 0 radical (unpaired) electrons. The van der Waals surface area contributed by atoms with Crippen molar-refractivity contribution in [3.8, 4) is 0 Å². The van der Waals surface area contributed by atoms with Gasteiger partial charge in [0.1, 0.15) is 11.9 Å². The highest BCUT2D eigenvalue weighted by Gasteiger charge is 2.16. The van der Waals surface area contributed by atoms with Crippen LogP contribution in [0.1, 0.15) is 17.2 Å². The number of aryl methyl sites for hydroxylation is 1. The summed E-state index contributed by atoms with van der Waals surface area (Å²) in [5.41, 5.74) is 7.13. The molecule has 2 rings (SSSR count). The molecule has 1 unspecified atom stereocenters. The first-order valence-corrected chi connectivity index (χ1v) is 5.18. The molecule has 0 spiro atoms. The van der Waals surface area contributed by atoms with Crippen LogP contribution in [0.15, 0.2) is 30.5 Å². The van der Waals surface area contributed by atoms with Crippen molar-refractivity contribution in [2.75, 3.05) is 5.73 Å². The first kappa shape index (κ1) is 11.0. The lowest BCUT2D eigenvalue weighted by atomic mass is 10.0. The van der Waals surface area contributed by atoms with Crippen molar-refractivity contribution < 1.29 is 5.11 Å². The molecule has 16 heavy (non-hydrogen) atoms. The van der Waals surface area contributed by atoms with E-state index in [0.29, 0.717) is 16.4 Å². The number of nitrogens with two attached hydrogens (primary N) is 1. The number of nitrogen functional groups attached to an aromatic ring is 1. The first-order valence-electron chi connectivity index (χ1n) is 4.80. The van der Waals surface area contributed by atoms with E-state index in [9.17, 15) is 5.11 Å². The van der Waals surface area contributed by atoms with Crippen molar-refractivity contribution in [2.45, 2.75) is 6.10 Å². The minimum Gasteiger partial charge on any atom is -0.384 e. The van der Waals surface area contributed by atoms with Crippen LogP contribution < -0.4 is 5.73 Å². The van der Waals surface area contributed by atoms with Crippen molar-refractivity contribution in [2.24, 2.45) is 7.05 Å². The molecule has 3 N–H and O–H groups in total. The van der Waals surface area contributed by atoms with Crippen LogP contribution >= 0.6 is 11.6 Å². The SMILES string of the molecule is Cn1ncc(C(O)c2ccc(Cl)cc2)c1N. The number of hydrogen-bond acceptors (Lipinski definition) is 3. The fourth-order valence-corrected chi connectivity index (χ4v) is 1.63. The highest BCUT2D eigenvalue weighted by molar-refractivity contribution is 6.30. The van der Waals surface area contributed by atoms with Gasteiger partial charge in [-0.05, 0) is 17.7 Å². The van der Waals surface area contributed by atoms with Crippen LogP contribution in [0.5, 0.6) is 0 Å². The van der Waals surface area contributed by atoms with E-state index >= 15 is 0 Å². The van der Waals surface area contributed by atoms with Gasteiger partial charge < -0.3 is 10.8 Å². The second-order valence-corrected chi connectivity index (χ2v) is 4.00. The maximum Gasteiger partial charge on any atom is 0.127 e. The molecule has 0 fully saturated rings. The molecule has 1 heterocycles. The van der Waals surface area contributed by atoms with Crippen molar-refractivity contribution in [3.63, 3.8) is 0 Å². The average molecular weight is 238 g/mol. The Morgan fingerprint density at radius 3 is 2.50 bits per heavy atom. The Balaban J connectivity index is 2.35. The Bertz CT molecular complexity index is 492. The Hall–Kier alpha value is -1.52. The zero-order chi connectivity index (χ0) is 11.7. The van der Waals surface area contributed by atoms with Crippen LogP contribution in [-0.4, -0.2) is 14.9 Å². The van der Waals surface area contributed by atoms with Crippen LogP contribution in [0.3, 0.4) is 0 Å². The third kappa shape index (κ3) is 1.89. The molecular weight excluding hydrogens is 226 g/mol.